The summed E-state index contributed by atoms with van der Waals surface area (Å²) in [4.78, 5) is 0.147. The van der Waals surface area contributed by atoms with Crippen LogP contribution in [-0.4, -0.2) is 32.0 Å². The van der Waals surface area contributed by atoms with Crippen LogP contribution in [0.1, 0.15) is 17.5 Å². The first kappa shape index (κ1) is 17.1. The van der Waals surface area contributed by atoms with Crippen LogP contribution in [0.15, 0.2) is 62.9 Å². The zero-order valence-corrected chi connectivity index (χ0v) is 14.6. The highest BCUT2D eigenvalue weighted by molar-refractivity contribution is 7.90. The van der Waals surface area contributed by atoms with Gasteiger partial charge in [-0.1, -0.05) is 35.9 Å². The summed E-state index contributed by atoms with van der Waals surface area (Å²) in [5.74, 6) is 0.219. The summed E-state index contributed by atoms with van der Waals surface area (Å²) >= 11 is 5.86. The van der Waals surface area contributed by atoms with E-state index < -0.39 is 10.0 Å². The van der Waals surface area contributed by atoms with Crippen LogP contribution in [0.25, 0.3) is 0 Å². The molecule has 6 nitrogen and oxygen atoms in total. The molecular weight excluding hydrogens is 360 g/mol. The number of hydrogen-bond acceptors (Lipinski definition) is 5. The molecule has 2 aromatic carbocycles. The van der Waals surface area contributed by atoms with Crippen LogP contribution in [0.2, 0.25) is 5.02 Å². The minimum atomic E-state index is -3.74. The molecule has 1 aliphatic rings. The van der Waals surface area contributed by atoms with Gasteiger partial charge in [0.1, 0.15) is 4.90 Å². The fourth-order valence-corrected chi connectivity index (χ4v) is 3.67. The first-order valence-corrected chi connectivity index (χ1v) is 9.21. The van der Waals surface area contributed by atoms with Crippen LogP contribution in [0.3, 0.4) is 0 Å². The number of hydrogen-bond donors (Lipinski definition) is 0. The van der Waals surface area contributed by atoms with Crippen LogP contribution < -0.4 is 0 Å². The number of hydrazone groups is 1. The molecular formula is C17H13ClN4O2S. The monoisotopic (exact) mass is 372 g/mol. The van der Waals surface area contributed by atoms with Gasteiger partial charge in [0.25, 0.3) is 10.0 Å². The van der Waals surface area contributed by atoms with Gasteiger partial charge < -0.3 is 0 Å². The van der Waals surface area contributed by atoms with E-state index in [0.717, 1.165) is 5.56 Å². The van der Waals surface area contributed by atoms with Gasteiger partial charge in [-0.3, -0.25) is 0 Å². The quantitative estimate of drug-likeness (QED) is 0.609. The SMILES string of the molecule is N#CCCN(/N=C/c1ccc(Cl)cc1)C1=NS(=O)(=O)c2ccccc21. The van der Waals surface area contributed by atoms with Crippen LogP contribution in [0, 0.1) is 11.3 Å². The molecule has 0 saturated carbocycles. The van der Waals surface area contributed by atoms with Crippen molar-refractivity contribution >= 4 is 33.7 Å². The van der Waals surface area contributed by atoms with Crippen LogP contribution in [0.4, 0.5) is 0 Å². The zero-order valence-electron chi connectivity index (χ0n) is 13.0. The number of fused-ring (bicyclic) bond motifs is 1. The molecule has 8 heteroatoms. The van der Waals surface area contributed by atoms with Gasteiger partial charge in [-0.25, -0.2) is 5.01 Å². The first-order chi connectivity index (χ1) is 12.0. The third-order valence-corrected chi connectivity index (χ3v) is 5.09. The Morgan fingerprint density at radius 2 is 1.92 bits per heavy atom. The van der Waals surface area contributed by atoms with Crippen molar-refractivity contribution in [2.24, 2.45) is 9.50 Å². The highest BCUT2D eigenvalue weighted by atomic mass is 35.5. The Morgan fingerprint density at radius 1 is 1.20 bits per heavy atom. The molecule has 0 aromatic heterocycles. The molecule has 0 atom stereocenters. The summed E-state index contributed by atoms with van der Waals surface area (Å²) in [6.45, 7) is 0.225. The van der Waals surface area contributed by atoms with Gasteiger partial charge in [0.2, 0.25) is 0 Å². The minimum absolute atomic E-state index is 0.147. The highest BCUT2D eigenvalue weighted by Gasteiger charge is 2.31. The van der Waals surface area contributed by atoms with E-state index in [-0.39, 0.29) is 23.7 Å². The number of amidine groups is 1. The summed E-state index contributed by atoms with van der Waals surface area (Å²) < 4.78 is 28.3. The Labute approximate surface area is 150 Å². The van der Waals surface area contributed by atoms with Gasteiger partial charge in [-0.05, 0) is 29.8 Å². The Morgan fingerprint density at radius 3 is 2.64 bits per heavy atom. The molecule has 25 heavy (non-hydrogen) atoms. The predicted molar refractivity (Wildman–Crippen MR) is 96.1 cm³/mol. The maximum Gasteiger partial charge on any atom is 0.285 e. The second-order valence-electron chi connectivity index (χ2n) is 5.21. The van der Waals surface area contributed by atoms with Crippen LogP contribution in [0.5, 0.6) is 0 Å². The van der Waals surface area contributed by atoms with E-state index in [1.165, 1.54) is 11.1 Å². The average Bonchev–Trinajstić information content (AvgIpc) is 2.88. The van der Waals surface area contributed by atoms with Crippen molar-refractivity contribution in [1.29, 1.82) is 5.26 Å². The fraction of sp³-hybridized carbons (Fsp3) is 0.118. The van der Waals surface area contributed by atoms with E-state index >= 15 is 0 Å². The summed E-state index contributed by atoms with van der Waals surface area (Å²) in [5.41, 5.74) is 1.27. The van der Waals surface area contributed by atoms with Gasteiger partial charge in [0, 0.05) is 10.6 Å². The normalized spacial score (nSPS) is 14.8. The molecule has 0 N–H and O–H groups in total. The summed E-state index contributed by atoms with van der Waals surface area (Å²) in [6.07, 6.45) is 1.75. The Hall–Kier alpha value is -2.69. The molecule has 0 aliphatic carbocycles. The zero-order chi connectivity index (χ0) is 17.9. The highest BCUT2D eigenvalue weighted by Crippen LogP contribution is 2.27. The average molecular weight is 373 g/mol. The van der Waals surface area contributed by atoms with Crippen molar-refractivity contribution in [1.82, 2.24) is 5.01 Å². The van der Waals surface area contributed by atoms with Gasteiger partial charge in [0.15, 0.2) is 5.84 Å². The molecule has 0 spiro atoms. The minimum Gasteiger partial charge on any atom is -0.246 e. The number of nitrogens with zero attached hydrogens (tertiary/aromatic N) is 4. The van der Waals surface area contributed by atoms with Crippen molar-refractivity contribution in [3.63, 3.8) is 0 Å². The van der Waals surface area contributed by atoms with Gasteiger partial charge >= 0.3 is 0 Å². The predicted octanol–water partition coefficient (Wildman–Crippen LogP) is 3.04. The molecule has 1 aliphatic heterocycles. The Balaban J connectivity index is 1.97. The smallest absolute Gasteiger partial charge is 0.246 e. The van der Waals surface area contributed by atoms with Crippen molar-refractivity contribution < 1.29 is 8.42 Å². The van der Waals surface area contributed by atoms with Gasteiger partial charge in [-0.2, -0.15) is 18.8 Å². The van der Waals surface area contributed by atoms with Gasteiger partial charge in [-0.15, -0.1) is 4.40 Å². The largest absolute Gasteiger partial charge is 0.285 e. The number of halogens is 1. The first-order valence-electron chi connectivity index (χ1n) is 7.40. The maximum atomic E-state index is 12.2. The topological polar surface area (TPSA) is 85.9 Å². The molecule has 0 saturated heterocycles. The second kappa shape index (κ2) is 7.05. The van der Waals surface area contributed by atoms with E-state index in [4.69, 9.17) is 16.9 Å². The van der Waals surface area contributed by atoms with E-state index in [0.29, 0.717) is 10.6 Å². The van der Waals surface area contributed by atoms with E-state index in [9.17, 15) is 8.42 Å². The van der Waals surface area contributed by atoms with E-state index in [1.807, 2.05) is 6.07 Å². The van der Waals surface area contributed by atoms with Crippen LogP contribution >= 0.6 is 11.6 Å². The lowest BCUT2D eigenvalue weighted by Crippen LogP contribution is -2.27. The van der Waals surface area contributed by atoms with Crippen molar-refractivity contribution in [2.45, 2.75) is 11.3 Å². The second-order valence-corrected chi connectivity index (χ2v) is 7.22. The van der Waals surface area contributed by atoms with Crippen molar-refractivity contribution in [3.8, 4) is 6.07 Å². The summed E-state index contributed by atoms with van der Waals surface area (Å²) in [7, 11) is -3.74. The molecule has 1 heterocycles. The summed E-state index contributed by atoms with van der Waals surface area (Å²) in [6, 6.07) is 15.6. The molecule has 0 unspecified atom stereocenters. The fourth-order valence-electron chi connectivity index (χ4n) is 2.33. The standard InChI is InChI=1S/C17H13ClN4O2S/c18-14-8-6-13(7-9-14)12-20-22(11-3-10-19)17-15-4-1-2-5-16(15)25(23,24)21-17/h1-2,4-9,12H,3,11H2/b20-12+. The van der Waals surface area contributed by atoms with E-state index in [2.05, 4.69) is 9.50 Å². The Kier molecular flexibility index (Phi) is 4.83. The molecule has 2 aromatic rings. The molecule has 0 bridgehead atoms. The van der Waals surface area contributed by atoms with E-state index in [1.54, 1.807) is 48.7 Å². The Bertz CT molecular complexity index is 992. The lowest BCUT2D eigenvalue weighted by Gasteiger charge is -2.17. The lowest BCUT2D eigenvalue weighted by atomic mass is 10.2. The third-order valence-electron chi connectivity index (χ3n) is 3.51. The maximum absolute atomic E-state index is 12.2. The van der Waals surface area contributed by atoms with Crippen LogP contribution in [-0.2, 0) is 10.0 Å². The molecule has 126 valence electrons. The molecule has 0 fully saturated rings. The molecule has 0 radical (unpaired) electrons. The van der Waals surface area contributed by atoms with Gasteiger partial charge in [0.05, 0.1) is 25.2 Å². The lowest BCUT2D eigenvalue weighted by molar-refractivity contribution is 0.459. The number of nitriles is 1. The number of rotatable bonds is 4. The number of benzene rings is 2. The number of sulfonamides is 1. The molecule has 3 rings (SSSR count). The third kappa shape index (κ3) is 3.71. The van der Waals surface area contributed by atoms with Crippen molar-refractivity contribution in [2.75, 3.05) is 6.54 Å². The summed E-state index contributed by atoms with van der Waals surface area (Å²) in [5, 5.41) is 15.2. The molecule has 0 amide bonds. The van der Waals surface area contributed by atoms with Crippen molar-refractivity contribution in [3.05, 3.63) is 64.7 Å².